The fourth-order valence-corrected chi connectivity index (χ4v) is 0.957. The number of rotatable bonds is 1. The van der Waals surface area contributed by atoms with E-state index in [4.69, 9.17) is 17.8 Å². The standard InChI is InChI=1S/C7H9NO2S/c1-8(10)6-3-2-5(11)4-7(6)9/h2-4,9-11H,1H3/p-1. The van der Waals surface area contributed by atoms with E-state index >= 15 is 0 Å². The van der Waals surface area contributed by atoms with Gasteiger partial charge in [0.15, 0.2) is 0 Å². The molecule has 1 aromatic carbocycles. The highest BCUT2D eigenvalue weighted by molar-refractivity contribution is 7.58. The molecule has 0 saturated heterocycles. The summed E-state index contributed by atoms with van der Waals surface area (Å²) in [5.74, 6) is -0.0116. The molecule has 1 rings (SSSR count). The van der Waals surface area contributed by atoms with Crippen molar-refractivity contribution in [2.24, 2.45) is 0 Å². The van der Waals surface area contributed by atoms with E-state index in [0.29, 0.717) is 10.6 Å². The van der Waals surface area contributed by atoms with Gasteiger partial charge in [-0.1, -0.05) is 6.07 Å². The molecule has 60 valence electrons. The van der Waals surface area contributed by atoms with Crippen LogP contribution in [0.3, 0.4) is 0 Å². The first-order valence-corrected chi connectivity index (χ1v) is 3.44. The molecule has 0 amide bonds. The molecule has 0 spiro atoms. The molecule has 0 bridgehead atoms. The third-order valence-electron chi connectivity index (χ3n) is 1.30. The van der Waals surface area contributed by atoms with Gasteiger partial charge >= 0.3 is 0 Å². The van der Waals surface area contributed by atoms with E-state index < -0.39 is 0 Å². The molecule has 0 aliphatic carbocycles. The lowest BCUT2D eigenvalue weighted by Crippen LogP contribution is -2.09. The zero-order valence-corrected chi connectivity index (χ0v) is 6.80. The van der Waals surface area contributed by atoms with Crippen LogP contribution in [-0.4, -0.2) is 17.4 Å². The molecule has 4 heteroatoms. The molecule has 0 aliphatic heterocycles. The second kappa shape index (κ2) is 2.94. The molecule has 3 nitrogen and oxygen atoms in total. The number of hydrogen-bond acceptors (Lipinski definition) is 4. The summed E-state index contributed by atoms with van der Waals surface area (Å²) in [5, 5.41) is 19.0. The summed E-state index contributed by atoms with van der Waals surface area (Å²) in [4.78, 5) is 0.549. The molecule has 2 N–H and O–H groups in total. The van der Waals surface area contributed by atoms with Crippen LogP contribution in [0.4, 0.5) is 5.69 Å². The van der Waals surface area contributed by atoms with Crippen LogP contribution in [0.15, 0.2) is 23.1 Å². The Hall–Kier alpha value is -1.00. The third-order valence-corrected chi connectivity index (χ3v) is 1.55. The summed E-state index contributed by atoms with van der Waals surface area (Å²) in [6, 6.07) is 4.60. The monoisotopic (exact) mass is 170 g/mol. The molecule has 0 heterocycles. The number of benzene rings is 1. The van der Waals surface area contributed by atoms with Crippen molar-refractivity contribution in [1.82, 2.24) is 0 Å². The lowest BCUT2D eigenvalue weighted by atomic mass is 10.3. The smallest absolute Gasteiger partial charge is 0.139 e. The molecule has 0 fully saturated rings. The number of nitrogens with zero attached hydrogens (tertiary/aromatic N) is 1. The fraction of sp³-hybridized carbons (Fsp3) is 0.143. The first-order valence-electron chi connectivity index (χ1n) is 3.04. The molecule has 0 radical (unpaired) electrons. The van der Waals surface area contributed by atoms with Crippen LogP contribution in [0.5, 0.6) is 5.75 Å². The third kappa shape index (κ3) is 1.72. The first kappa shape index (κ1) is 8.10. The molecule has 11 heavy (non-hydrogen) atoms. The molecule has 0 unspecified atom stereocenters. The van der Waals surface area contributed by atoms with Crippen molar-refractivity contribution in [2.75, 3.05) is 12.1 Å². The SMILES string of the molecule is CN(O)c1ccc([S-])cc1O. The van der Waals surface area contributed by atoms with Gasteiger partial charge in [-0.2, -0.15) is 4.90 Å². The van der Waals surface area contributed by atoms with Crippen molar-refractivity contribution in [3.05, 3.63) is 18.2 Å². The minimum Gasteiger partial charge on any atom is -0.780 e. The van der Waals surface area contributed by atoms with Gasteiger partial charge in [0, 0.05) is 7.05 Å². The molecule has 0 atom stereocenters. The number of anilines is 1. The Kier molecular flexibility index (Phi) is 2.16. The van der Waals surface area contributed by atoms with Crippen LogP contribution in [0.25, 0.3) is 0 Å². The average Bonchev–Trinajstić information content (AvgIpc) is 1.85. The maximum Gasteiger partial charge on any atom is 0.139 e. The summed E-state index contributed by atoms with van der Waals surface area (Å²) >= 11 is 4.79. The van der Waals surface area contributed by atoms with E-state index in [1.54, 1.807) is 12.1 Å². The topological polar surface area (TPSA) is 43.7 Å². The lowest BCUT2D eigenvalue weighted by Gasteiger charge is -2.14. The van der Waals surface area contributed by atoms with E-state index in [-0.39, 0.29) is 5.75 Å². The van der Waals surface area contributed by atoms with Gasteiger partial charge in [0.05, 0.1) is 0 Å². The van der Waals surface area contributed by atoms with Gasteiger partial charge in [-0.15, -0.1) is 0 Å². The summed E-state index contributed by atoms with van der Waals surface area (Å²) in [7, 11) is 1.43. The van der Waals surface area contributed by atoms with Crippen molar-refractivity contribution in [3.8, 4) is 5.75 Å². The van der Waals surface area contributed by atoms with Crippen LogP contribution < -0.4 is 5.06 Å². The van der Waals surface area contributed by atoms with Crippen LogP contribution in [0.2, 0.25) is 0 Å². The average molecular weight is 170 g/mol. The van der Waals surface area contributed by atoms with Crippen molar-refractivity contribution in [2.45, 2.75) is 4.90 Å². The van der Waals surface area contributed by atoms with Gasteiger partial charge in [-0.05, 0) is 12.1 Å². The van der Waals surface area contributed by atoms with Crippen molar-refractivity contribution in [1.29, 1.82) is 0 Å². The molecule has 0 saturated carbocycles. The second-order valence-corrected chi connectivity index (χ2v) is 2.65. The zero-order valence-electron chi connectivity index (χ0n) is 5.98. The van der Waals surface area contributed by atoms with Crippen LogP contribution in [-0.2, 0) is 12.6 Å². The van der Waals surface area contributed by atoms with Crippen molar-refractivity contribution < 1.29 is 10.3 Å². The zero-order chi connectivity index (χ0) is 8.43. The van der Waals surface area contributed by atoms with Crippen molar-refractivity contribution >= 4 is 18.3 Å². The lowest BCUT2D eigenvalue weighted by molar-refractivity contribution is 0.275. The molecular weight excluding hydrogens is 162 g/mol. The normalized spacial score (nSPS) is 9.64. The van der Waals surface area contributed by atoms with Crippen LogP contribution >= 0.6 is 0 Å². The van der Waals surface area contributed by atoms with E-state index in [9.17, 15) is 5.11 Å². The molecule has 0 aliphatic rings. The predicted octanol–water partition coefficient (Wildman–Crippen LogP) is 1.12. The largest absolute Gasteiger partial charge is 0.780 e. The van der Waals surface area contributed by atoms with Gasteiger partial charge in [0.1, 0.15) is 11.4 Å². The van der Waals surface area contributed by atoms with Gasteiger partial charge in [0.2, 0.25) is 0 Å². The summed E-state index contributed by atoms with van der Waals surface area (Å²) < 4.78 is 0. The number of hydroxylamine groups is 1. The maximum atomic E-state index is 9.19. The Morgan fingerprint density at radius 2 is 2.09 bits per heavy atom. The number of phenolic OH excluding ortho intramolecular Hbond substituents is 1. The van der Waals surface area contributed by atoms with Gasteiger partial charge in [-0.25, -0.2) is 0 Å². The fourth-order valence-electron chi connectivity index (χ4n) is 0.777. The second-order valence-electron chi connectivity index (χ2n) is 2.17. The van der Waals surface area contributed by atoms with Gasteiger partial charge < -0.3 is 17.7 Å². The predicted molar refractivity (Wildman–Crippen MR) is 43.9 cm³/mol. The van der Waals surface area contributed by atoms with E-state index in [1.165, 1.54) is 13.1 Å². The minimum absolute atomic E-state index is 0.0116. The van der Waals surface area contributed by atoms with E-state index in [0.717, 1.165) is 5.06 Å². The Balaban J connectivity index is 3.09. The number of aromatic hydroxyl groups is 1. The highest BCUT2D eigenvalue weighted by Crippen LogP contribution is 2.25. The Bertz CT molecular complexity index is 263. The van der Waals surface area contributed by atoms with Crippen LogP contribution in [0.1, 0.15) is 0 Å². The highest BCUT2D eigenvalue weighted by Gasteiger charge is 2.00. The van der Waals surface area contributed by atoms with E-state index in [2.05, 4.69) is 0 Å². The van der Waals surface area contributed by atoms with Gasteiger partial charge in [-0.3, -0.25) is 10.3 Å². The highest BCUT2D eigenvalue weighted by atomic mass is 32.1. The Labute approximate surface area is 70.3 Å². The van der Waals surface area contributed by atoms with Crippen molar-refractivity contribution in [3.63, 3.8) is 0 Å². The Morgan fingerprint density at radius 1 is 1.45 bits per heavy atom. The summed E-state index contributed by atoms with van der Waals surface area (Å²) in [6.45, 7) is 0. The summed E-state index contributed by atoms with van der Waals surface area (Å²) in [6.07, 6.45) is 0. The summed E-state index contributed by atoms with van der Waals surface area (Å²) in [5.41, 5.74) is 0.346. The minimum atomic E-state index is -0.0116. The van der Waals surface area contributed by atoms with Gasteiger partial charge in [0.25, 0.3) is 0 Å². The van der Waals surface area contributed by atoms with Crippen LogP contribution in [0, 0.1) is 0 Å². The number of phenols is 1. The molecule has 1 aromatic rings. The molecule has 0 aromatic heterocycles. The maximum absolute atomic E-state index is 9.19. The number of hydrogen-bond donors (Lipinski definition) is 2. The quantitative estimate of drug-likeness (QED) is 0.489. The van der Waals surface area contributed by atoms with E-state index in [1.807, 2.05) is 0 Å². The molecular formula is C7H8NO2S-. The Morgan fingerprint density at radius 3 is 2.55 bits per heavy atom. The first-order chi connectivity index (χ1) is 5.11.